The number of carbonyl (C=O) groups excluding carboxylic acids is 1. The molecule has 0 saturated heterocycles. The van der Waals surface area contributed by atoms with Crippen LogP contribution in [0.3, 0.4) is 0 Å². The van der Waals surface area contributed by atoms with Gasteiger partial charge < -0.3 is 15.5 Å². The summed E-state index contributed by atoms with van der Waals surface area (Å²) in [5.74, 6) is 0.613. The molecule has 0 heterocycles. The molecule has 0 saturated carbocycles. The quantitative estimate of drug-likeness (QED) is 0.355. The van der Waals surface area contributed by atoms with Gasteiger partial charge in [-0.3, -0.25) is 4.79 Å². The third-order valence-electron chi connectivity index (χ3n) is 3.18. The van der Waals surface area contributed by atoms with E-state index in [1.807, 2.05) is 25.1 Å². The first-order valence-corrected chi connectivity index (χ1v) is 9.15. The third-order valence-corrected chi connectivity index (χ3v) is 4.42. The fraction of sp³-hybridized carbons (Fsp3) is 0.500. The minimum absolute atomic E-state index is 0. The Balaban J connectivity index is 0.00000529. The zero-order valence-corrected chi connectivity index (χ0v) is 18.4. The van der Waals surface area contributed by atoms with Crippen molar-refractivity contribution in [1.82, 2.24) is 15.5 Å². The molecular formula is C16H26ClIN4OS. The summed E-state index contributed by atoms with van der Waals surface area (Å²) < 4.78 is 0. The number of hydrogen-bond acceptors (Lipinski definition) is 3. The molecule has 0 aliphatic heterocycles. The van der Waals surface area contributed by atoms with Gasteiger partial charge in [0.2, 0.25) is 5.91 Å². The highest BCUT2D eigenvalue weighted by Crippen LogP contribution is 2.27. The van der Waals surface area contributed by atoms with Crippen molar-refractivity contribution in [1.29, 1.82) is 0 Å². The van der Waals surface area contributed by atoms with E-state index >= 15 is 0 Å². The number of guanidine groups is 1. The largest absolute Gasteiger partial charge is 0.357 e. The lowest BCUT2D eigenvalue weighted by molar-refractivity contribution is -0.127. The fourth-order valence-electron chi connectivity index (χ4n) is 1.86. The monoisotopic (exact) mass is 484 g/mol. The van der Waals surface area contributed by atoms with Crippen LogP contribution in [-0.2, 0) is 4.79 Å². The number of nitrogens with zero attached hydrogens (tertiary/aromatic N) is 2. The van der Waals surface area contributed by atoms with Crippen molar-refractivity contribution in [3.63, 3.8) is 0 Å². The maximum Gasteiger partial charge on any atom is 0.243 e. The van der Waals surface area contributed by atoms with Gasteiger partial charge >= 0.3 is 0 Å². The van der Waals surface area contributed by atoms with Gasteiger partial charge in [0.05, 0.1) is 0 Å². The van der Waals surface area contributed by atoms with Gasteiger partial charge in [-0.15, -0.1) is 24.0 Å². The van der Waals surface area contributed by atoms with Crippen LogP contribution < -0.4 is 10.6 Å². The van der Waals surface area contributed by atoms with E-state index in [0.717, 1.165) is 17.1 Å². The number of hydrogen-bond donors (Lipinski definition) is 2. The minimum atomic E-state index is -0.0292. The molecular weight excluding hydrogens is 459 g/mol. The molecule has 1 rings (SSSR count). The number of aliphatic imine (C=N–C) groups is 1. The molecule has 0 bridgehead atoms. The number of amides is 1. The van der Waals surface area contributed by atoms with Crippen LogP contribution >= 0.6 is 47.3 Å². The molecule has 1 atom stereocenters. The highest BCUT2D eigenvalue weighted by atomic mass is 127. The number of rotatable bonds is 7. The average Bonchev–Trinajstić information content (AvgIpc) is 2.52. The predicted octanol–water partition coefficient (Wildman–Crippen LogP) is 3.01. The molecule has 2 N–H and O–H groups in total. The van der Waals surface area contributed by atoms with Crippen molar-refractivity contribution in [2.75, 3.05) is 40.0 Å². The SMILES string of the molecule is CCNC(=NCC(=O)N(C)C)NCC(SC)c1cccc(Cl)c1.I. The first-order valence-electron chi connectivity index (χ1n) is 7.48. The molecule has 1 amide bonds. The lowest BCUT2D eigenvalue weighted by Gasteiger charge is -2.18. The van der Waals surface area contributed by atoms with Crippen LogP contribution in [0, 0.1) is 0 Å². The van der Waals surface area contributed by atoms with Crippen molar-refractivity contribution in [2.45, 2.75) is 12.2 Å². The highest BCUT2D eigenvalue weighted by molar-refractivity contribution is 14.0. The lowest BCUT2D eigenvalue weighted by Crippen LogP contribution is -2.40. The van der Waals surface area contributed by atoms with Crippen molar-refractivity contribution in [2.24, 2.45) is 4.99 Å². The molecule has 0 aromatic heterocycles. The summed E-state index contributed by atoms with van der Waals surface area (Å²) in [6.45, 7) is 3.56. The first-order chi connectivity index (χ1) is 11.0. The Morgan fingerprint density at radius 3 is 2.62 bits per heavy atom. The number of thioether (sulfide) groups is 1. The van der Waals surface area contributed by atoms with E-state index in [1.165, 1.54) is 4.90 Å². The van der Waals surface area contributed by atoms with Gasteiger partial charge in [-0.1, -0.05) is 23.7 Å². The van der Waals surface area contributed by atoms with E-state index in [-0.39, 0.29) is 41.7 Å². The van der Waals surface area contributed by atoms with Crippen molar-refractivity contribution < 1.29 is 4.79 Å². The van der Waals surface area contributed by atoms with Gasteiger partial charge in [-0.2, -0.15) is 11.8 Å². The van der Waals surface area contributed by atoms with Crippen LogP contribution in [0.2, 0.25) is 5.02 Å². The molecule has 0 radical (unpaired) electrons. The molecule has 5 nitrogen and oxygen atoms in total. The molecule has 0 spiro atoms. The summed E-state index contributed by atoms with van der Waals surface area (Å²) in [5.41, 5.74) is 1.16. The molecule has 0 aliphatic carbocycles. The summed E-state index contributed by atoms with van der Waals surface area (Å²) >= 11 is 7.81. The second-order valence-corrected chi connectivity index (χ2v) is 6.62. The zero-order chi connectivity index (χ0) is 17.2. The number of benzene rings is 1. The van der Waals surface area contributed by atoms with Crippen LogP contribution in [0.5, 0.6) is 0 Å². The lowest BCUT2D eigenvalue weighted by atomic mass is 10.1. The Morgan fingerprint density at radius 1 is 1.38 bits per heavy atom. The molecule has 0 fully saturated rings. The van der Waals surface area contributed by atoms with E-state index in [9.17, 15) is 4.79 Å². The Bertz CT molecular complexity index is 543. The van der Waals surface area contributed by atoms with Gasteiger partial charge in [0.25, 0.3) is 0 Å². The standard InChI is InChI=1S/C16H25ClN4OS.HI/c1-5-18-16(20-11-15(22)21(2)3)19-10-14(23-4)12-7-6-8-13(17)9-12;/h6-9,14H,5,10-11H2,1-4H3,(H2,18,19,20);1H. The van der Waals surface area contributed by atoms with E-state index in [0.29, 0.717) is 12.5 Å². The first kappa shape index (κ1) is 23.3. The van der Waals surface area contributed by atoms with Crippen LogP contribution in [0.15, 0.2) is 29.3 Å². The average molecular weight is 485 g/mol. The molecule has 24 heavy (non-hydrogen) atoms. The van der Waals surface area contributed by atoms with E-state index in [2.05, 4.69) is 27.9 Å². The van der Waals surface area contributed by atoms with Crippen LogP contribution in [-0.4, -0.2) is 56.8 Å². The maximum atomic E-state index is 11.6. The minimum Gasteiger partial charge on any atom is -0.357 e. The van der Waals surface area contributed by atoms with Crippen LogP contribution in [0.4, 0.5) is 0 Å². The Morgan fingerprint density at radius 2 is 2.08 bits per heavy atom. The van der Waals surface area contributed by atoms with E-state index in [4.69, 9.17) is 11.6 Å². The molecule has 0 aliphatic rings. The van der Waals surface area contributed by atoms with Gasteiger partial charge in [0.1, 0.15) is 6.54 Å². The van der Waals surface area contributed by atoms with E-state index < -0.39 is 0 Å². The number of carbonyl (C=O) groups is 1. The summed E-state index contributed by atoms with van der Waals surface area (Å²) in [7, 11) is 3.45. The summed E-state index contributed by atoms with van der Waals surface area (Å²) in [6.07, 6.45) is 2.06. The number of halogens is 2. The summed E-state index contributed by atoms with van der Waals surface area (Å²) in [6, 6.07) is 7.86. The zero-order valence-electron chi connectivity index (χ0n) is 14.5. The molecule has 8 heteroatoms. The van der Waals surface area contributed by atoms with Gasteiger partial charge in [0.15, 0.2) is 5.96 Å². The molecule has 1 aromatic carbocycles. The molecule has 1 aromatic rings. The third kappa shape index (κ3) is 8.43. The second kappa shape index (κ2) is 12.7. The highest BCUT2D eigenvalue weighted by Gasteiger charge is 2.12. The smallest absolute Gasteiger partial charge is 0.243 e. The van der Waals surface area contributed by atoms with E-state index in [1.54, 1.807) is 25.9 Å². The van der Waals surface area contributed by atoms with Crippen molar-refractivity contribution in [3.05, 3.63) is 34.9 Å². The summed E-state index contributed by atoms with van der Waals surface area (Å²) in [4.78, 5) is 17.5. The van der Waals surface area contributed by atoms with Gasteiger partial charge in [-0.25, -0.2) is 4.99 Å². The number of nitrogens with one attached hydrogen (secondary N) is 2. The normalized spacial score (nSPS) is 12.1. The summed E-state index contributed by atoms with van der Waals surface area (Å²) in [5, 5.41) is 7.43. The Labute approximate surface area is 171 Å². The van der Waals surface area contributed by atoms with Crippen molar-refractivity contribution in [3.8, 4) is 0 Å². The Kier molecular flexibility index (Phi) is 12.3. The van der Waals surface area contributed by atoms with Crippen LogP contribution in [0.1, 0.15) is 17.7 Å². The topological polar surface area (TPSA) is 56.7 Å². The Hall–Kier alpha value is -0.670. The molecule has 136 valence electrons. The second-order valence-electron chi connectivity index (χ2n) is 5.14. The van der Waals surface area contributed by atoms with Crippen molar-refractivity contribution >= 4 is 59.2 Å². The van der Waals surface area contributed by atoms with Crippen LogP contribution in [0.25, 0.3) is 0 Å². The predicted molar refractivity (Wildman–Crippen MR) is 116 cm³/mol. The van der Waals surface area contributed by atoms with Gasteiger partial charge in [0, 0.05) is 37.5 Å². The fourth-order valence-corrected chi connectivity index (χ4v) is 2.73. The maximum absolute atomic E-state index is 11.6. The molecule has 1 unspecified atom stereocenters. The van der Waals surface area contributed by atoms with Gasteiger partial charge in [-0.05, 0) is 30.9 Å². The number of likely N-dealkylation sites (N-methyl/N-ethyl adjacent to an activating group) is 1.